The fourth-order valence-corrected chi connectivity index (χ4v) is 5.62. The monoisotopic (exact) mass is 578 g/mol. The highest BCUT2D eigenvalue weighted by Crippen LogP contribution is 2.39. The van der Waals surface area contributed by atoms with E-state index in [4.69, 9.17) is 8.83 Å². The number of nitrogens with one attached hydrogen (secondary N) is 2. The predicted molar refractivity (Wildman–Crippen MR) is 170 cm³/mol. The van der Waals surface area contributed by atoms with Crippen LogP contribution in [0, 0.1) is 26.7 Å². The maximum atomic E-state index is 13.2. The Morgan fingerprint density at radius 3 is 2.16 bits per heavy atom. The Hall–Kier alpha value is -4.65. The molecule has 0 spiro atoms. The summed E-state index contributed by atoms with van der Waals surface area (Å²) in [6.07, 6.45) is 0.604. The number of amides is 2. The largest absolute Gasteiger partial charge is 0.460 e. The zero-order valence-electron chi connectivity index (χ0n) is 25.4. The Bertz CT molecular complexity index is 1830. The number of hydrogen-bond donors (Lipinski definition) is 2. The van der Waals surface area contributed by atoms with Crippen LogP contribution in [-0.4, -0.2) is 24.4 Å². The zero-order valence-corrected chi connectivity index (χ0v) is 25.4. The van der Waals surface area contributed by atoms with E-state index < -0.39 is 11.7 Å². The van der Waals surface area contributed by atoms with Crippen molar-refractivity contribution < 1.29 is 18.4 Å². The third-order valence-electron chi connectivity index (χ3n) is 7.92. The molecule has 7 nitrogen and oxygen atoms in total. The molecular weight excluding hydrogens is 540 g/mol. The minimum atomic E-state index is -0.723. The number of hydrogen-bond acceptors (Lipinski definition) is 5. The van der Waals surface area contributed by atoms with Gasteiger partial charge in [0.25, 0.3) is 0 Å². The van der Waals surface area contributed by atoms with Gasteiger partial charge in [0.2, 0.25) is 11.8 Å². The molecular formula is C36H38N2O5. The van der Waals surface area contributed by atoms with Gasteiger partial charge in [-0.2, -0.15) is 0 Å². The van der Waals surface area contributed by atoms with Crippen molar-refractivity contribution in [3.63, 3.8) is 0 Å². The van der Waals surface area contributed by atoms with Crippen LogP contribution >= 0.6 is 0 Å². The second-order valence-corrected chi connectivity index (χ2v) is 11.6. The van der Waals surface area contributed by atoms with E-state index in [0.29, 0.717) is 29.7 Å². The Morgan fingerprint density at radius 1 is 0.837 bits per heavy atom. The van der Waals surface area contributed by atoms with Crippen molar-refractivity contribution in [3.8, 4) is 11.1 Å². The van der Waals surface area contributed by atoms with Crippen LogP contribution in [0.2, 0.25) is 0 Å². The third kappa shape index (κ3) is 6.41. The molecule has 0 saturated carbocycles. The van der Waals surface area contributed by atoms with Gasteiger partial charge in [0.1, 0.15) is 23.0 Å². The van der Waals surface area contributed by atoms with E-state index in [1.165, 1.54) is 0 Å². The summed E-state index contributed by atoms with van der Waals surface area (Å²) in [5.74, 6) is 0.546. The topological polar surface area (TPSA) is 102 Å². The lowest BCUT2D eigenvalue weighted by Crippen LogP contribution is -2.48. The van der Waals surface area contributed by atoms with Gasteiger partial charge in [-0.05, 0) is 55.9 Å². The van der Waals surface area contributed by atoms with Gasteiger partial charge in [0.15, 0.2) is 0 Å². The summed E-state index contributed by atoms with van der Waals surface area (Å²) in [5.41, 5.74) is 5.70. The molecule has 43 heavy (non-hydrogen) atoms. The second kappa shape index (κ2) is 12.7. The van der Waals surface area contributed by atoms with E-state index >= 15 is 0 Å². The second-order valence-electron chi connectivity index (χ2n) is 11.6. The van der Waals surface area contributed by atoms with Crippen LogP contribution in [0.15, 0.2) is 80.4 Å². The van der Waals surface area contributed by atoms with Crippen LogP contribution in [0.5, 0.6) is 0 Å². The van der Waals surface area contributed by atoms with E-state index in [-0.39, 0.29) is 30.6 Å². The predicted octanol–water partition coefficient (Wildman–Crippen LogP) is 6.56. The summed E-state index contributed by atoms with van der Waals surface area (Å²) in [4.78, 5) is 39.3. The summed E-state index contributed by atoms with van der Waals surface area (Å²) >= 11 is 0. The molecule has 3 aromatic carbocycles. The smallest absolute Gasteiger partial charge is 0.339 e. The molecule has 0 radical (unpaired) electrons. The van der Waals surface area contributed by atoms with Crippen LogP contribution in [0.1, 0.15) is 48.3 Å². The summed E-state index contributed by atoms with van der Waals surface area (Å²) in [7, 11) is 0. The molecule has 0 unspecified atom stereocenters. The molecule has 5 aromatic rings. The highest BCUT2D eigenvalue weighted by atomic mass is 16.4. The van der Waals surface area contributed by atoms with Crippen LogP contribution in [0.4, 0.5) is 0 Å². The van der Waals surface area contributed by atoms with Crippen LogP contribution in [0.25, 0.3) is 33.1 Å². The molecule has 1 atom stereocenters. The Labute approximate surface area is 251 Å². The first kappa shape index (κ1) is 29.8. The first-order valence-corrected chi connectivity index (χ1v) is 14.8. The lowest BCUT2D eigenvalue weighted by Gasteiger charge is -2.19. The van der Waals surface area contributed by atoms with Gasteiger partial charge >= 0.3 is 5.63 Å². The standard InChI is InChI=1S/C36H38N2O5/c1-21(2)20-37-35(40)30(18-25-12-8-6-9-13-25)38-31(39)17-16-27-22(3)28-19-29-32(26-14-10-7-11-15-26)24(5)42-34(29)23(4)33(28)43-36(27)41/h6-15,19,21,30H,16-18,20H2,1-5H3,(H,37,40)(H,38,39)/t30-/m0/s1. The Morgan fingerprint density at radius 2 is 1.49 bits per heavy atom. The summed E-state index contributed by atoms with van der Waals surface area (Å²) in [6, 6.07) is 21.0. The molecule has 0 aliphatic rings. The van der Waals surface area contributed by atoms with Crippen molar-refractivity contribution in [2.75, 3.05) is 6.54 Å². The fraction of sp³-hybridized carbons (Fsp3) is 0.306. The lowest BCUT2D eigenvalue weighted by atomic mass is 9.96. The van der Waals surface area contributed by atoms with Crippen molar-refractivity contribution >= 4 is 33.8 Å². The zero-order chi connectivity index (χ0) is 30.7. The molecule has 222 valence electrons. The number of carbonyl (C=O) groups is 2. The number of furan rings is 1. The minimum Gasteiger partial charge on any atom is -0.460 e. The highest BCUT2D eigenvalue weighted by molar-refractivity contribution is 6.05. The van der Waals surface area contributed by atoms with Crippen molar-refractivity contribution in [2.45, 2.75) is 59.9 Å². The number of fused-ring (bicyclic) bond motifs is 2. The molecule has 2 aromatic heterocycles. The third-order valence-corrected chi connectivity index (χ3v) is 7.92. The van der Waals surface area contributed by atoms with Crippen molar-refractivity contribution in [1.29, 1.82) is 0 Å². The summed E-state index contributed by atoms with van der Waals surface area (Å²) in [5, 5.41) is 7.60. The van der Waals surface area contributed by atoms with E-state index in [1.807, 2.05) is 101 Å². The maximum Gasteiger partial charge on any atom is 0.339 e. The van der Waals surface area contributed by atoms with Crippen molar-refractivity contribution in [2.24, 2.45) is 5.92 Å². The number of benzene rings is 3. The number of carbonyl (C=O) groups excluding carboxylic acids is 2. The van der Waals surface area contributed by atoms with Gasteiger partial charge in [0.05, 0.1) is 0 Å². The molecule has 2 amide bonds. The van der Waals surface area contributed by atoms with Gasteiger partial charge in [-0.25, -0.2) is 4.79 Å². The van der Waals surface area contributed by atoms with Crippen molar-refractivity contribution in [3.05, 3.63) is 105 Å². The average Bonchev–Trinajstić information content (AvgIpc) is 3.33. The van der Waals surface area contributed by atoms with E-state index in [9.17, 15) is 14.4 Å². The number of rotatable bonds is 10. The van der Waals surface area contributed by atoms with E-state index in [0.717, 1.165) is 44.3 Å². The molecule has 2 N–H and O–H groups in total. The van der Waals surface area contributed by atoms with Gasteiger partial charge in [0, 0.05) is 46.8 Å². The molecule has 0 bridgehead atoms. The van der Waals surface area contributed by atoms with Gasteiger partial charge < -0.3 is 19.5 Å². The van der Waals surface area contributed by atoms with Gasteiger partial charge in [-0.1, -0.05) is 74.5 Å². The first-order chi connectivity index (χ1) is 20.6. The molecule has 0 aliphatic heterocycles. The van der Waals surface area contributed by atoms with Gasteiger partial charge in [-0.3, -0.25) is 9.59 Å². The van der Waals surface area contributed by atoms with Crippen LogP contribution in [-0.2, 0) is 22.4 Å². The average molecular weight is 579 g/mol. The number of aryl methyl sites for hydroxylation is 3. The first-order valence-electron chi connectivity index (χ1n) is 14.8. The summed E-state index contributed by atoms with van der Waals surface area (Å²) in [6.45, 7) is 10.3. The molecule has 5 rings (SSSR count). The Balaban J connectivity index is 1.41. The quantitative estimate of drug-likeness (QED) is 0.183. The molecule has 2 heterocycles. The molecule has 0 saturated heterocycles. The van der Waals surface area contributed by atoms with Crippen molar-refractivity contribution in [1.82, 2.24) is 10.6 Å². The minimum absolute atomic E-state index is 0.0428. The molecule has 0 aliphatic carbocycles. The van der Waals surface area contributed by atoms with E-state index in [1.54, 1.807) is 0 Å². The fourth-order valence-electron chi connectivity index (χ4n) is 5.62. The molecule has 7 heteroatoms. The van der Waals surface area contributed by atoms with E-state index in [2.05, 4.69) is 10.6 Å². The maximum absolute atomic E-state index is 13.2. The SMILES string of the molecule is Cc1oc2c(C)c3oc(=O)c(CCC(=O)N[C@@H](Cc4ccccc4)C(=O)NCC(C)C)c(C)c3cc2c1-c1ccccc1. The summed E-state index contributed by atoms with van der Waals surface area (Å²) < 4.78 is 12.0. The normalized spacial score (nSPS) is 12.1. The lowest BCUT2D eigenvalue weighted by molar-refractivity contribution is -0.129. The highest BCUT2D eigenvalue weighted by Gasteiger charge is 2.24. The van der Waals surface area contributed by atoms with Gasteiger partial charge in [-0.15, -0.1) is 0 Å². The Kier molecular flexibility index (Phi) is 8.81. The van der Waals surface area contributed by atoms with Crippen LogP contribution in [0.3, 0.4) is 0 Å². The van der Waals surface area contributed by atoms with Crippen LogP contribution < -0.4 is 16.3 Å². The molecule has 0 fully saturated rings.